The lowest BCUT2D eigenvalue weighted by atomic mass is 9.83. The highest BCUT2D eigenvalue weighted by Crippen LogP contribution is 2.28. The summed E-state index contributed by atoms with van der Waals surface area (Å²) >= 11 is 0. The molecule has 0 spiro atoms. The molecule has 1 nitrogen and oxygen atoms in total. The molecule has 0 aromatic heterocycles. The number of nitrogens with zero attached hydrogens (tertiary/aromatic N) is 1. The lowest BCUT2D eigenvalue weighted by Crippen LogP contribution is -2.36. The van der Waals surface area contributed by atoms with Crippen LogP contribution in [-0.2, 0) is 0 Å². The van der Waals surface area contributed by atoms with Gasteiger partial charge in [0.25, 0.3) is 0 Å². The van der Waals surface area contributed by atoms with Crippen LogP contribution in [0.3, 0.4) is 0 Å². The van der Waals surface area contributed by atoms with E-state index >= 15 is 0 Å². The average Bonchev–Trinajstić information content (AvgIpc) is 2.26. The van der Waals surface area contributed by atoms with Crippen LogP contribution in [0.25, 0.3) is 6.08 Å². The van der Waals surface area contributed by atoms with Gasteiger partial charge in [0, 0.05) is 5.92 Å². The zero-order valence-electron chi connectivity index (χ0n) is 8.32. The number of hydrogen-bond acceptors (Lipinski definition) is 1. The maximum absolute atomic E-state index is 4.84. The van der Waals surface area contributed by atoms with Crippen molar-refractivity contribution < 1.29 is 0 Å². The molecule has 1 saturated carbocycles. The van der Waals surface area contributed by atoms with Crippen LogP contribution in [0.15, 0.2) is 29.3 Å². The normalized spacial score (nSPS) is 29.4. The molecular weight excluding hydrogens is 170 g/mol. The summed E-state index contributed by atoms with van der Waals surface area (Å²) in [6.45, 7) is 0. The molecular formula is C13H15N. The van der Waals surface area contributed by atoms with E-state index in [2.05, 4.69) is 30.3 Å². The Kier molecular flexibility index (Phi) is 1.90. The fraction of sp³-hybridized carbons (Fsp3) is 0.462. The second-order valence-corrected chi connectivity index (χ2v) is 4.37. The third-order valence-electron chi connectivity index (χ3n) is 3.42. The first kappa shape index (κ1) is 8.22. The second-order valence-electron chi connectivity index (χ2n) is 4.37. The van der Waals surface area contributed by atoms with Crippen LogP contribution in [0.5, 0.6) is 0 Å². The Bertz CT molecular complexity index is 404. The van der Waals surface area contributed by atoms with E-state index in [-0.39, 0.29) is 0 Å². The van der Waals surface area contributed by atoms with E-state index in [4.69, 9.17) is 4.99 Å². The Morgan fingerprint density at radius 2 is 1.93 bits per heavy atom. The number of benzene rings is 1. The first-order valence-corrected chi connectivity index (χ1v) is 5.58. The van der Waals surface area contributed by atoms with Crippen LogP contribution in [-0.4, -0.2) is 6.04 Å². The molecule has 1 heterocycles. The van der Waals surface area contributed by atoms with Crippen molar-refractivity contribution >= 4 is 6.08 Å². The highest BCUT2D eigenvalue weighted by molar-refractivity contribution is 5.31. The third kappa shape index (κ3) is 1.28. The lowest BCUT2D eigenvalue weighted by Gasteiger charge is -2.28. The monoisotopic (exact) mass is 185 g/mol. The van der Waals surface area contributed by atoms with Gasteiger partial charge in [0.2, 0.25) is 0 Å². The summed E-state index contributed by atoms with van der Waals surface area (Å²) < 4.78 is 0. The molecule has 1 heteroatoms. The highest BCUT2D eigenvalue weighted by Gasteiger charge is 2.23. The van der Waals surface area contributed by atoms with E-state index in [1.54, 1.807) is 0 Å². The van der Waals surface area contributed by atoms with Crippen LogP contribution in [0, 0.1) is 5.92 Å². The first-order chi connectivity index (χ1) is 6.93. The molecule has 1 aliphatic heterocycles. The predicted octanol–water partition coefficient (Wildman–Crippen LogP) is 1.66. The number of rotatable bonds is 0. The second kappa shape index (κ2) is 3.23. The van der Waals surface area contributed by atoms with Crippen LogP contribution >= 0.6 is 0 Å². The van der Waals surface area contributed by atoms with Gasteiger partial charge in [-0.05, 0) is 24.1 Å². The number of fused-ring (bicyclic) bond motifs is 2. The minimum absolute atomic E-state index is 0.582. The SMILES string of the molecule is C1=c2ccccc2=NC2CCCCC12. The van der Waals surface area contributed by atoms with Gasteiger partial charge in [0.15, 0.2) is 0 Å². The molecule has 0 N–H and O–H groups in total. The van der Waals surface area contributed by atoms with E-state index in [9.17, 15) is 0 Å². The van der Waals surface area contributed by atoms with E-state index in [1.165, 1.54) is 36.3 Å². The Hall–Kier alpha value is -1.11. The van der Waals surface area contributed by atoms with Crippen molar-refractivity contribution in [2.24, 2.45) is 10.9 Å². The molecule has 1 aliphatic carbocycles. The summed E-state index contributed by atoms with van der Waals surface area (Å²) in [7, 11) is 0. The van der Waals surface area contributed by atoms with Crippen molar-refractivity contribution in [2.45, 2.75) is 31.7 Å². The van der Waals surface area contributed by atoms with Gasteiger partial charge in [-0.1, -0.05) is 37.1 Å². The Balaban J connectivity index is 2.14. The van der Waals surface area contributed by atoms with Crippen molar-refractivity contribution in [3.63, 3.8) is 0 Å². The van der Waals surface area contributed by atoms with Crippen LogP contribution in [0.2, 0.25) is 0 Å². The van der Waals surface area contributed by atoms with Gasteiger partial charge in [-0.2, -0.15) is 0 Å². The minimum Gasteiger partial charge on any atom is -0.281 e. The Labute approximate surface area is 84.2 Å². The molecule has 0 amide bonds. The average molecular weight is 185 g/mol. The molecule has 0 radical (unpaired) electrons. The van der Waals surface area contributed by atoms with Crippen molar-refractivity contribution in [2.75, 3.05) is 0 Å². The summed E-state index contributed by atoms with van der Waals surface area (Å²) in [6.07, 6.45) is 7.81. The summed E-state index contributed by atoms with van der Waals surface area (Å²) in [6, 6.07) is 9.09. The van der Waals surface area contributed by atoms with Crippen LogP contribution in [0.4, 0.5) is 0 Å². The summed E-state index contributed by atoms with van der Waals surface area (Å²) in [5.74, 6) is 0.721. The van der Waals surface area contributed by atoms with Gasteiger partial charge < -0.3 is 0 Å². The fourth-order valence-electron chi connectivity index (χ4n) is 2.65. The number of hydrogen-bond donors (Lipinski definition) is 0. The first-order valence-electron chi connectivity index (χ1n) is 5.58. The van der Waals surface area contributed by atoms with Gasteiger partial charge in [-0.15, -0.1) is 0 Å². The fourth-order valence-corrected chi connectivity index (χ4v) is 2.65. The Morgan fingerprint density at radius 3 is 2.93 bits per heavy atom. The predicted molar refractivity (Wildman–Crippen MR) is 57.4 cm³/mol. The van der Waals surface area contributed by atoms with Gasteiger partial charge in [0.1, 0.15) is 0 Å². The van der Waals surface area contributed by atoms with Crippen molar-refractivity contribution in [1.29, 1.82) is 0 Å². The molecule has 2 atom stereocenters. The lowest BCUT2D eigenvalue weighted by molar-refractivity contribution is 0.369. The van der Waals surface area contributed by atoms with E-state index in [0.717, 1.165) is 5.92 Å². The standard InChI is InChI=1S/C13H15N/c1-3-7-12-10(5-1)9-11-6-2-4-8-13(11)14-12/h1,3,5,7,9,11,13H,2,4,6,8H2. The summed E-state index contributed by atoms with van der Waals surface area (Å²) in [5.41, 5.74) is 0. The zero-order chi connectivity index (χ0) is 9.38. The largest absolute Gasteiger partial charge is 0.281 e. The summed E-state index contributed by atoms with van der Waals surface area (Å²) in [4.78, 5) is 4.84. The molecule has 1 aromatic rings. The van der Waals surface area contributed by atoms with E-state index < -0.39 is 0 Å². The van der Waals surface area contributed by atoms with Gasteiger partial charge in [-0.25, -0.2) is 0 Å². The van der Waals surface area contributed by atoms with Crippen molar-refractivity contribution in [1.82, 2.24) is 0 Å². The van der Waals surface area contributed by atoms with Crippen molar-refractivity contribution in [3.8, 4) is 0 Å². The van der Waals surface area contributed by atoms with Crippen LogP contribution in [0.1, 0.15) is 25.7 Å². The quantitative estimate of drug-likeness (QED) is 0.583. The highest BCUT2D eigenvalue weighted by atomic mass is 14.8. The maximum atomic E-state index is 4.84. The third-order valence-corrected chi connectivity index (χ3v) is 3.42. The topological polar surface area (TPSA) is 12.4 Å². The number of para-hydroxylation sites is 1. The molecule has 3 rings (SSSR count). The molecule has 14 heavy (non-hydrogen) atoms. The van der Waals surface area contributed by atoms with E-state index in [1.807, 2.05) is 0 Å². The van der Waals surface area contributed by atoms with Gasteiger partial charge in [0.05, 0.1) is 11.4 Å². The smallest absolute Gasteiger partial charge is 0.0647 e. The Morgan fingerprint density at radius 1 is 1.07 bits per heavy atom. The molecule has 0 bridgehead atoms. The van der Waals surface area contributed by atoms with Gasteiger partial charge in [-0.3, -0.25) is 4.99 Å². The van der Waals surface area contributed by atoms with Crippen LogP contribution < -0.4 is 10.6 Å². The summed E-state index contributed by atoms with van der Waals surface area (Å²) in [5, 5.41) is 2.55. The van der Waals surface area contributed by atoms with Gasteiger partial charge >= 0.3 is 0 Å². The maximum Gasteiger partial charge on any atom is 0.0647 e. The van der Waals surface area contributed by atoms with Crippen molar-refractivity contribution in [3.05, 3.63) is 34.8 Å². The molecule has 72 valence electrons. The molecule has 1 fully saturated rings. The molecule has 1 aromatic carbocycles. The molecule has 2 aliphatic rings. The zero-order valence-corrected chi connectivity index (χ0v) is 8.32. The minimum atomic E-state index is 0.582. The molecule has 2 unspecified atom stereocenters. The molecule has 0 saturated heterocycles. The van der Waals surface area contributed by atoms with E-state index in [0.29, 0.717) is 6.04 Å².